The van der Waals surface area contributed by atoms with E-state index in [-0.39, 0.29) is 5.91 Å². The number of hydrogen-bond acceptors (Lipinski definition) is 4. The maximum absolute atomic E-state index is 12.0. The minimum Gasteiger partial charge on any atom is -0.347 e. The molecule has 17 heavy (non-hydrogen) atoms. The van der Waals surface area contributed by atoms with Gasteiger partial charge in [-0.25, -0.2) is 4.98 Å². The van der Waals surface area contributed by atoms with Gasteiger partial charge in [-0.1, -0.05) is 0 Å². The molecular weight excluding hydrogens is 236 g/mol. The summed E-state index contributed by atoms with van der Waals surface area (Å²) in [5.41, 5.74) is 0. The summed E-state index contributed by atoms with van der Waals surface area (Å²) in [6.45, 7) is 1.55. The minimum absolute atomic E-state index is 0.168. The van der Waals surface area contributed by atoms with Gasteiger partial charge >= 0.3 is 0 Å². The number of nitrogens with zero attached hydrogens (tertiary/aromatic N) is 2. The molecular formula is C11H18N4OS. The number of hydrogen-bond donors (Lipinski definition) is 2. The average molecular weight is 254 g/mol. The van der Waals surface area contributed by atoms with Crippen molar-refractivity contribution in [2.75, 3.05) is 25.1 Å². The molecule has 2 N–H and O–H groups in total. The number of carbonyl (C=O) groups is 1. The Hall–Kier alpha value is -1.01. The summed E-state index contributed by atoms with van der Waals surface area (Å²) >= 11 is 1.91. The maximum Gasteiger partial charge on any atom is 0.224 e. The lowest BCUT2D eigenvalue weighted by Gasteiger charge is -2.25. The van der Waals surface area contributed by atoms with Crippen LogP contribution in [0.2, 0.25) is 0 Å². The first-order valence-electron chi connectivity index (χ1n) is 5.79. The summed E-state index contributed by atoms with van der Waals surface area (Å²) in [6.07, 6.45) is 4.05. The van der Waals surface area contributed by atoms with Gasteiger partial charge in [0.1, 0.15) is 5.82 Å². The van der Waals surface area contributed by atoms with Crippen molar-refractivity contribution < 1.29 is 4.79 Å². The predicted octanol–water partition coefficient (Wildman–Crippen LogP) is 0.463. The summed E-state index contributed by atoms with van der Waals surface area (Å²) in [6, 6.07) is 0.320. The molecule has 1 fully saturated rings. The first-order valence-corrected chi connectivity index (χ1v) is 6.94. The third-order valence-electron chi connectivity index (χ3n) is 2.79. The molecule has 1 saturated heterocycles. The number of imidazole rings is 1. The first-order chi connectivity index (χ1) is 8.25. The predicted molar refractivity (Wildman–Crippen MR) is 68.8 cm³/mol. The number of H-pyrrole nitrogens is 1. The molecule has 1 unspecified atom stereocenters. The summed E-state index contributed by atoms with van der Waals surface area (Å²) in [4.78, 5) is 20.8. The van der Waals surface area contributed by atoms with Crippen LogP contribution in [0.3, 0.4) is 0 Å². The van der Waals surface area contributed by atoms with E-state index in [1.165, 1.54) is 0 Å². The number of rotatable bonds is 4. The van der Waals surface area contributed by atoms with Gasteiger partial charge in [0.05, 0.1) is 6.54 Å². The minimum atomic E-state index is 0.168. The number of nitrogens with one attached hydrogen (secondary N) is 2. The van der Waals surface area contributed by atoms with E-state index in [1.807, 2.05) is 18.8 Å². The second-order valence-electron chi connectivity index (χ2n) is 4.22. The van der Waals surface area contributed by atoms with Gasteiger partial charge in [-0.3, -0.25) is 4.79 Å². The van der Waals surface area contributed by atoms with E-state index >= 15 is 0 Å². The van der Waals surface area contributed by atoms with E-state index in [1.54, 1.807) is 17.3 Å². The lowest BCUT2D eigenvalue weighted by molar-refractivity contribution is -0.130. The van der Waals surface area contributed by atoms with Crippen molar-refractivity contribution in [3.05, 3.63) is 18.2 Å². The smallest absolute Gasteiger partial charge is 0.224 e. The number of aromatic amines is 1. The van der Waals surface area contributed by atoms with E-state index in [9.17, 15) is 4.79 Å². The molecule has 0 saturated carbocycles. The second kappa shape index (κ2) is 6.07. The van der Waals surface area contributed by atoms with E-state index in [4.69, 9.17) is 0 Å². The van der Waals surface area contributed by atoms with Gasteiger partial charge in [-0.15, -0.1) is 0 Å². The van der Waals surface area contributed by atoms with Gasteiger partial charge < -0.3 is 15.2 Å². The number of carbonyl (C=O) groups excluding carboxylic acids is 1. The van der Waals surface area contributed by atoms with E-state index in [0.29, 0.717) is 19.0 Å². The van der Waals surface area contributed by atoms with Crippen LogP contribution in [0.1, 0.15) is 12.2 Å². The fourth-order valence-corrected chi connectivity index (χ4v) is 2.76. The number of amides is 1. The van der Waals surface area contributed by atoms with Crippen LogP contribution in [-0.2, 0) is 11.3 Å². The van der Waals surface area contributed by atoms with Gasteiger partial charge in [0.15, 0.2) is 0 Å². The van der Waals surface area contributed by atoms with Crippen LogP contribution in [0.15, 0.2) is 12.4 Å². The third-order valence-corrected chi connectivity index (χ3v) is 3.92. The topological polar surface area (TPSA) is 61.0 Å². The maximum atomic E-state index is 12.0. The van der Waals surface area contributed by atoms with Crippen molar-refractivity contribution in [3.8, 4) is 0 Å². The van der Waals surface area contributed by atoms with E-state index < -0.39 is 0 Å². The first kappa shape index (κ1) is 12.4. The Morgan fingerprint density at radius 3 is 3.24 bits per heavy atom. The molecule has 0 spiro atoms. The number of thioether (sulfide) groups is 1. The molecule has 1 atom stereocenters. The Bertz CT molecular complexity index is 348. The molecule has 0 aromatic carbocycles. The number of aromatic nitrogens is 2. The molecule has 1 aromatic heterocycles. The zero-order chi connectivity index (χ0) is 12.1. The molecule has 0 bridgehead atoms. The highest BCUT2D eigenvalue weighted by atomic mass is 32.2. The van der Waals surface area contributed by atoms with Gasteiger partial charge in [0.2, 0.25) is 5.91 Å². The molecule has 1 aromatic rings. The molecule has 1 amide bonds. The quantitative estimate of drug-likeness (QED) is 0.819. The van der Waals surface area contributed by atoms with Crippen molar-refractivity contribution in [3.63, 3.8) is 0 Å². The average Bonchev–Trinajstić information content (AvgIpc) is 2.83. The SMILES string of the molecule is CN(Cc1ncc[nH]1)C(=O)CC1CSCCN1. The highest BCUT2D eigenvalue weighted by Crippen LogP contribution is 2.11. The Morgan fingerprint density at radius 2 is 2.59 bits per heavy atom. The molecule has 0 aliphatic carbocycles. The zero-order valence-corrected chi connectivity index (χ0v) is 10.8. The van der Waals surface area contributed by atoms with Crippen LogP contribution in [-0.4, -0.2) is 51.9 Å². The van der Waals surface area contributed by atoms with Gasteiger partial charge in [-0.05, 0) is 0 Å². The largest absolute Gasteiger partial charge is 0.347 e. The highest BCUT2D eigenvalue weighted by Gasteiger charge is 2.19. The third kappa shape index (κ3) is 3.74. The molecule has 0 radical (unpaired) electrons. The van der Waals surface area contributed by atoms with Crippen LogP contribution < -0.4 is 5.32 Å². The summed E-state index contributed by atoms with van der Waals surface area (Å²) < 4.78 is 0. The molecule has 5 nitrogen and oxygen atoms in total. The van der Waals surface area contributed by atoms with Gasteiger partial charge in [0, 0.05) is 50.0 Å². The summed E-state index contributed by atoms with van der Waals surface area (Å²) in [5, 5.41) is 3.37. The highest BCUT2D eigenvalue weighted by molar-refractivity contribution is 7.99. The molecule has 6 heteroatoms. The van der Waals surface area contributed by atoms with Crippen molar-refractivity contribution in [2.24, 2.45) is 0 Å². The van der Waals surface area contributed by atoms with E-state index in [0.717, 1.165) is 23.9 Å². The summed E-state index contributed by atoms with van der Waals surface area (Å²) in [7, 11) is 1.82. The molecule has 2 heterocycles. The standard InChI is InChI=1S/C11H18N4OS/c1-15(7-10-13-2-3-14-10)11(16)6-9-8-17-5-4-12-9/h2-3,9,12H,4-8H2,1H3,(H,13,14). The van der Waals surface area contributed by atoms with Crippen molar-refractivity contribution in [1.29, 1.82) is 0 Å². The molecule has 1 aliphatic rings. The Labute approximate surface area is 105 Å². The Morgan fingerprint density at radius 1 is 1.71 bits per heavy atom. The zero-order valence-electron chi connectivity index (χ0n) is 9.98. The molecule has 1 aliphatic heterocycles. The Balaban J connectivity index is 1.78. The normalized spacial score (nSPS) is 20.2. The second-order valence-corrected chi connectivity index (χ2v) is 5.37. The van der Waals surface area contributed by atoms with Crippen molar-refractivity contribution in [1.82, 2.24) is 20.2 Å². The van der Waals surface area contributed by atoms with E-state index in [2.05, 4.69) is 15.3 Å². The fraction of sp³-hybridized carbons (Fsp3) is 0.636. The lowest BCUT2D eigenvalue weighted by atomic mass is 10.2. The van der Waals surface area contributed by atoms with Crippen molar-refractivity contribution in [2.45, 2.75) is 19.0 Å². The van der Waals surface area contributed by atoms with Crippen LogP contribution in [0, 0.1) is 0 Å². The monoisotopic (exact) mass is 254 g/mol. The van der Waals surface area contributed by atoms with Crippen LogP contribution in [0.4, 0.5) is 0 Å². The van der Waals surface area contributed by atoms with Crippen LogP contribution >= 0.6 is 11.8 Å². The van der Waals surface area contributed by atoms with Crippen LogP contribution in [0.5, 0.6) is 0 Å². The van der Waals surface area contributed by atoms with Gasteiger partial charge in [-0.2, -0.15) is 11.8 Å². The molecule has 94 valence electrons. The van der Waals surface area contributed by atoms with Crippen molar-refractivity contribution >= 4 is 17.7 Å². The Kier molecular flexibility index (Phi) is 4.44. The molecule has 2 rings (SSSR count). The summed E-state index contributed by atoms with van der Waals surface area (Å²) in [5.74, 6) is 3.17. The fourth-order valence-electron chi connectivity index (χ4n) is 1.81. The van der Waals surface area contributed by atoms with Crippen LogP contribution in [0.25, 0.3) is 0 Å². The van der Waals surface area contributed by atoms with Gasteiger partial charge in [0.25, 0.3) is 0 Å². The lowest BCUT2D eigenvalue weighted by Crippen LogP contribution is -2.41.